The van der Waals surface area contributed by atoms with Gasteiger partial charge in [-0.1, -0.05) is 86.1 Å². The van der Waals surface area contributed by atoms with Crippen molar-refractivity contribution in [2.45, 2.75) is 44.0 Å². The smallest absolute Gasteiger partial charge is 0.240 e. The van der Waals surface area contributed by atoms with Crippen molar-refractivity contribution in [3.05, 3.63) is 101 Å². The second-order valence-electron chi connectivity index (χ2n) is 8.23. The summed E-state index contributed by atoms with van der Waals surface area (Å²) in [4.78, 5) is 0.287. The Balaban J connectivity index is 1.64. The van der Waals surface area contributed by atoms with Crippen LogP contribution in [0.5, 0.6) is 0 Å². The molecule has 2 N–H and O–H groups in total. The third-order valence-electron chi connectivity index (χ3n) is 5.46. The number of rotatable bonds is 10. The van der Waals surface area contributed by atoms with Crippen LogP contribution in [0.25, 0.3) is 0 Å². The topological polar surface area (TPSA) is 58.2 Å². The van der Waals surface area contributed by atoms with Crippen LogP contribution in [0.2, 0.25) is 0 Å². The molecule has 1 atom stereocenters. The molecule has 0 heterocycles. The summed E-state index contributed by atoms with van der Waals surface area (Å²) in [5.74, 6) is 0.524. The number of benzene rings is 3. The van der Waals surface area contributed by atoms with Gasteiger partial charge in [0.05, 0.1) is 4.90 Å². The van der Waals surface area contributed by atoms with Crippen LogP contribution in [-0.2, 0) is 16.4 Å². The van der Waals surface area contributed by atoms with E-state index in [1.54, 1.807) is 12.1 Å². The van der Waals surface area contributed by atoms with Crippen LogP contribution in [0.3, 0.4) is 0 Å². The summed E-state index contributed by atoms with van der Waals surface area (Å²) in [5, 5.41) is 3.53. The lowest BCUT2D eigenvalue weighted by Crippen LogP contribution is -2.35. The van der Waals surface area contributed by atoms with Gasteiger partial charge in [0.15, 0.2) is 0 Å². The minimum Gasteiger partial charge on any atom is -0.309 e. The van der Waals surface area contributed by atoms with Crippen molar-refractivity contribution in [1.29, 1.82) is 0 Å². The maximum atomic E-state index is 12.7. The van der Waals surface area contributed by atoms with E-state index in [9.17, 15) is 8.42 Å². The molecule has 0 aromatic heterocycles. The molecule has 0 aliphatic rings. The van der Waals surface area contributed by atoms with Gasteiger partial charge in [-0.25, -0.2) is 13.1 Å². The lowest BCUT2D eigenvalue weighted by molar-refractivity contribution is 0.516. The number of aryl methyl sites for hydroxylation is 1. The van der Waals surface area contributed by atoms with Crippen molar-refractivity contribution in [2.24, 2.45) is 0 Å². The van der Waals surface area contributed by atoms with E-state index in [1.807, 2.05) is 49.4 Å². The Hall–Kier alpha value is -2.47. The second-order valence-corrected chi connectivity index (χ2v) is 10.00. The first-order valence-corrected chi connectivity index (χ1v) is 12.3. The van der Waals surface area contributed by atoms with Crippen molar-refractivity contribution in [2.75, 3.05) is 13.1 Å². The Labute approximate surface area is 186 Å². The predicted molar refractivity (Wildman–Crippen MR) is 128 cm³/mol. The monoisotopic (exact) mass is 436 g/mol. The van der Waals surface area contributed by atoms with E-state index >= 15 is 0 Å². The third kappa shape index (κ3) is 6.76. The molecule has 3 aromatic carbocycles. The zero-order chi connectivity index (χ0) is 22.3. The van der Waals surface area contributed by atoms with E-state index in [4.69, 9.17) is 0 Å². The first-order valence-electron chi connectivity index (χ1n) is 10.8. The zero-order valence-electron chi connectivity index (χ0n) is 18.5. The fourth-order valence-electron chi connectivity index (χ4n) is 3.45. The van der Waals surface area contributed by atoms with Crippen LogP contribution in [0, 0.1) is 6.92 Å². The average molecular weight is 437 g/mol. The highest BCUT2D eigenvalue weighted by Crippen LogP contribution is 2.17. The molecule has 5 heteroatoms. The summed E-state index contributed by atoms with van der Waals surface area (Å²) in [7, 11) is -3.56. The maximum Gasteiger partial charge on any atom is 0.240 e. The van der Waals surface area contributed by atoms with Gasteiger partial charge in [-0.2, -0.15) is 0 Å². The van der Waals surface area contributed by atoms with Gasteiger partial charge in [-0.3, -0.25) is 0 Å². The van der Waals surface area contributed by atoms with Crippen LogP contribution in [0.15, 0.2) is 83.8 Å². The molecule has 0 radical (unpaired) electrons. The number of hydrogen-bond acceptors (Lipinski definition) is 3. The van der Waals surface area contributed by atoms with Crippen molar-refractivity contribution in [1.82, 2.24) is 10.0 Å². The molecule has 0 spiro atoms. The van der Waals surface area contributed by atoms with Crippen LogP contribution in [0.4, 0.5) is 0 Å². The highest BCUT2D eigenvalue weighted by molar-refractivity contribution is 7.89. The van der Waals surface area contributed by atoms with Gasteiger partial charge in [0, 0.05) is 12.6 Å². The fourth-order valence-corrected chi connectivity index (χ4v) is 4.49. The molecule has 0 amide bonds. The molecule has 3 rings (SSSR count). The van der Waals surface area contributed by atoms with Crippen molar-refractivity contribution >= 4 is 10.0 Å². The summed E-state index contributed by atoms with van der Waals surface area (Å²) >= 11 is 0. The Bertz CT molecular complexity index is 1040. The van der Waals surface area contributed by atoms with Gasteiger partial charge in [0.1, 0.15) is 0 Å². The van der Waals surface area contributed by atoms with E-state index in [-0.39, 0.29) is 17.5 Å². The Morgan fingerprint density at radius 1 is 0.806 bits per heavy atom. The fraction of sp³-hybridized carbons (Fsp3) is 0.308. The molecule has 0 saturated heterocycles. The largest absolute Gasteiger partial charge is 0.309 e. The van der Waals surface area contributed by atoms with E-state index in [0.29, 0.717) is 5.92 Å². The van der Waals surface area contributed by atoms with Crippen molar-refractivity contribution in [3.8, 4) is 0 Å². The van der Waals surface area contributed by atoms with Crippen molar-refractivity contribution in [3.63, 3.8) is 0 Å². The summed E-state index contributed by atoms with van der Waals surface area (Å²) in [6.45, 7) is 7.37. The standard InChI is InChI=1S/C26H32N2O2S/c1-20(2)23-13-11-22(12-14-23)17-18-27-26(24-7-5-4-6-8-24)19-28-31(29,30)25-15-9-21(3)10-16-25/h4-16,20,26-28H,17-19H2,1-3H3/t26-/m0/s1. The minimum absolute atomic E-state index is 0.114. The van der Waals surface area contributed by atoms with Gasteiger partial charge in [-0.05, 0) is 54.6 Å². The lowest BCUT2D eigenvalue weighted by atomic mass is 10.0. The molecule has 31 heavy (non-hydrogen) atoms. The minimum atomic E-state index is -3.56. The molecule has 0 unspecified atom stereocenters. The van der Waals surface area contributed by atoms with Crippen LogP contribution in [0.1, 0.15) is 48.1 Å². The van der Waals surface area contributed by atoms with E-state index < -0.39 is 10.0 Å². The van der Waals surface area contributed by atoms with Crippen LogP contribution >= 0.6 is 0 Å². The molecule has 4 nitrogen and oxygen atoms in total. The first kappa shape index (κ1) is 23.2. The third-order valence-corrected chi connectivity index (χ3v) is 6.90. The molecule has 0 saturated carbocycles. The molecular formula is C26H32N2O2S. The molecule has 0 aliphatic carbocycles. The molecular weight excluding hydrogens is 404 g/mol. The highest BCUT2D eigenvalue weighted by atomic mass is 32.2. The van der Waals surface area contributed by atoms with E-state index in [1.165, 1.54) is 11.1 Å². The summed E-state index contributed by atoms with van der Waals surface area (Å²) in [6, 6.07) is 25.5. The quantitative estimate of drug-likeness (QED) is 0.472. The van der Waals surface area contributed by atoms with E-state index in [2.05, 4.69) is 48.2 Å². The second kappa shape index (κ2) is 10.7. The SMILES string of the molecule is Cc1ccc(S(=O)(=O)NC[C@H](NCCc2ccc(C(C)C)cc2)c2ccccc2)cc1. The van der Waals surface area contributed by atoms with Crippen molar-refractivity contribution < 1.29 is 8.42 Å². The number of sulfonamides is 1. The number of nitrogens with one attached hydrogen (secondary N) is 2. The Morgan fingerprint density at radius 2 is 1.45 bits per heavy atom. The molecule has 0 aliphatic heterocycles. The lowest BCUT2D eigenvalue weighted by Gasteiger charge is -2.20. The normalized spacial score (nSPS) is 12.8. The molecule has 164 valence electrons. The molecule has 0 fully saturated rings. The van der Waals surface area contributed by atoms with Gasteiger partial charge in [-0.15, -0.1) is 0 Å². The van der Waals surface area contributed by atoms with Crippen LogP contribution < -0.4 is 10.0 Å². The predicted octanol–water partition coefficient (Wildman–Crippen LogP) is 4.97. The maximum absolute atomic E-state index is 12.7. The van der Waals surface area contributed by atoms with Crippen LogP contribution in [-0.4, -0.2) is 21.5 Å². The Morgan fingerprint density at radius 3 is 2.06 bits per heavy atom. The zero-order valence-corrected chi connectivity index (χ0v) is 19.3. The average Bonchev–Trinajstić information content (AvgIpc) is 2.77. The Kier molecular flexibility index (Phi) is 8.02. The number of hydrogen-bond donors (Lipinski definition) is 2. The van der Waals surface area contributed by atoms with E-state index in [0.717, 1.165) is 24.1 Å². The first-order chi connectivity index (χ1) is 14.8. The summed E-state index contributed by atoms with van der Waals surface area (Å²) < 4.78 is 28.2. The van der Waals surface area contributed by atoms with Gasteiger partial charge in [0.2, 0.25) is 10.0 Å². The van der Waals surface area contributed by atoms with Gasteiger partial charge >= 0.3 is 0 Å². The summed E-state index contributed by atoms with van der Waals surface area (Å²) in [5.41, 5.74) is 4.70. The van der Waals surface area contributed by atoms with Gasteiger partial charge < -0.3 is 5.32 Å². The molecule has 3 aromatic rings. The highest BCUT2D eigenvalue weighted by Gasteiger charge is 2.18. The van der Waals surface area contributed by atoms with Gasteiger partial charge in [0.25, 0.3) is 0 Å². The molecule has 0 bridgehead atoms. The summed E-state index contributed by atoms with van der Waals surface area (Å²) in [6.07, 6.45) is 0.881.